The molecular formula is C17H27N3O2. The van der Waals surface area contributed by atoms with Gasteiger partial charge in [-0.15, -0.1) is 0 Å². The lowest BCUT2D eigenvalue weighted by Crippen LogP contribution is -2.60. The Kier molecular flexibility index (Phi) is 6.56. The molecule has 0 aliphatic carbocycles. The standard InChI is InChI=1S/C17H27N3O2/c1-5-17(12(2)3,16(18)22)20-11-15(21)19-10-14-8-6-7-13(4)9-14/h6-9,12,20H,5,10-11H2,1-4H3,(H2,18,22)(H,19,21)/t17-/m0/s1. The van der Waals surface area contributed by atoms with Crippen molar-refractivity contribution in [3.05, 3.63) is 35.4 Å². The number of rotatable bonds is 8. The van der Waals surface area contributed by atoms with E-state index in [1.54, 1.807) is 0 Å². The Bertz CT molecular complexity index is 528. The number of amides is 2. The Morgan fingerprint density at radius 2 is 2.00 bits per heavy atom. The van der Waals surface area contributed by atoms with Gasteiger partial charge in [0.2, 0.25) is 11.8 Å². The third-order valence-electron chi connectivity index (χ3n) is 4.12. The fourth-order valence-corrected chi connectivity index (χ4v) is 2.61. The van der Waals surface area contributed by atoms with Gasteiger partial charge >= 0.3 is 0 Å². The molecule has 2 amide bonds. The number of nitrogens with two attached hydrogens (primary N) is 1. The van der Waals surface area contributed by atoms with E-state index in [1.807, 2.05) is 52.0 Å². The van der Waals surface area contributed by atoms with Crippen LogP contribution in [0.5, 0.6) is 0 Å². The largest absolute Gasteiger partial charge is 0.368 e. The van der Waals surface area contributed by atoms with Crippen LogP contribution in [0, 0.1) is 12.8 Å². The SMILES string of the molecule is CC[C@@](NCC(=O)NCc1cccc(C)c1)(C(N)=O)C(C)C. The van der Waals surface area contributed by atoms with Gasteiger partial charge in [-0.3, -0.25) is 14.9 Å². The van der Waals surface area contributed by atoms with Gasteiger partial charge in [-0.05, 0) is 24.8 Å². The number of hydrogen-bond donors (Lipinski definition) is 3. The molecule has 5 heteroatoms. The molecule has 1 atom stereocenters. The highest BCUT2D eigenvalue weighted by atomic mass is 16.2. The number of aryl methyl sites for hydroxylation is 1. The summed E-state index contributed by atoms with van der Waals surface area (Å²) in [6.45, 7) is 8.29. The van der Waals surface area contributed by atoms with Gasteiger partial charge in [-0.2, -0.15) is 0 Å². The summed E-state index contributed by atoms with van der Waals surface area (Å²) < 4.78 is 0. The molecule has 0 saturated carbocycles. The molecule has 5 nitrogen and oxygen atoms in total. The van der Waals surface area contributed by atoms with Gasteiger partial charge in [0.1, 0.15) is 5.54 Å². The average molecular weight is 305 g/mol. The molecule has 122 valence electrons. The molecule has 0 radical (unpaired) electrons. The molecule has 0 heterocycles. The minimum absolute atomic E-state index is 0.0135. The zero-order valence-corrected chi connectivity index (χ0v) is 13.9. The molecule has 4 N–H and O–H groups in total. The number of nitrogens with one attached hydrogen (secondary N) is 2. The molecule has 1 rings (SSSR count). The number of carbonyl (C=O) groups excluding carboxylic acids is 2. The lowest BCUT2D eigenvalue weighted by Gasteiger charge is -2.34. The third-order valence-corrected chi connectivity index (χ3v) is 4.12. The van der Waals surface area contributed by atoms with E-state index in [9.17, 15) is 9.59 Å². The van der Waals surface area contributed by atoms with Crippen molar-refractivity contribution >= 4 is 11.8 Å². The molecule has 0 bridgehead atoms. The fourth-order valence-electron chi connectivity index (χ4n) is 2.61. The first-order valence-corrected chi connectivity index (χ1v) is 7.69. The first kappa shape index (κ1) is 18.2. The number of carbonyl (C=O) groups is 2. The summed E-state index contributed by atoms with van der Waals surface area (Å²) in [7, 11) is 0. The van der Waals surface area contributed by atoms with Crippen LogP contribution in [0.1, 0.15) is 38.3 Å². The van der Waals surface area contributed by atoms with Crippen LogP contribution in [-0.2, 0) is 16.1 Å². The van der Waals surface area contributed by atoms with Crippen LogP contribution in [0.15, 0.2) is 24.3 Å². The lowest BCUT2D eigenvalue weighted by molar-refractivity contribution is -0.127. The summed E-state index contributed by atoms with van der Waals surface area (Å²) in [5, 5.41) is 5.89. The van der Waals surface area contributed by atoms with E-state index in [-0.39, 0.29) is 18.4 Å². The highest BCUT2D eigenvalue weighted by Gasteiger charge is 2.37. The molecule has 0 aliphatic heterocycles. The van der Waals surface area contributed by atoms with Gasteiger partial charge in [0.15, 0.2) is 0 Å². The maximum absolute atomic E-state index is 12.0. The highest BCUT2D eigenvalue weighted by Crippen LogP contribution is 2.20. The minimum Gasteiger partial charge on any atom is -0.368 e. The van der Waals surface area contributed by atoms with Crippen molar-refractivity contribution in [2.75, 3.05) is 6.54 Å². The average Bonchev–Trinajstić information content (AvgIpc) is 2.45. The second-order valence-corrected chi connectivity index (χ2v) is 5.96. The van der Waals surface area contributed by atoms with E-state index in [2.05, 4.69) is 10.6 Å². The summed E-state index contributed by atoms with van der Waals surface area (Å²) >= 11 is 0. The molecule has 22 heavy (non-hydrogen) atoms. The second kappa shape index (κ2) is 7.94. The molecular weight excluding hydrogens is 278 g/mol. The summed E-state index contributed by atoms with van der Waals surface area (Å²) in [5.41, 5.74) is 6.88. The molecule has 0 fully saturated rings. The molecule has 0 spiro atoms. The Labute approximate surface area is 132 Å². The number of hydrogen-bond acceptors (Lipinski definition) is 3. The van der Waals surface area contributed by atoms with Crippen molar-refractivity contribution in [3.63, 3.8) is 0 Å². The fraction of sp³-hybridized carbons (Fsp3) is 0.529. The van der Waals surface area contributed by atoms with Crippen LogP contribution >= 0.6 is 0 Å². The van der Waals surface area contributed by atoms with E-state index < -0.39 is 11.4 Å². The van der Waals surface area contributed by atoms with Gasteiger partial charge in [-0.25, -0.2) is 0 Å². The summed E-state index contributed by atoms with van der Waals surface area (Å²) in [4.78, 5) is 23.7. The van der Waals surface area contributed by atoms with Gasteiger partial charge in [0, 0.05) is 6.54 Å². The first-order chi connectivity index (χ1) is 10.3. The predicted molar refractivity (Wildman–Crippen MR) is 88.1 cm³/mol. The van der Waals surface area contributed by atoms with Gasteiger partial charge in [0.25, 0.3) is 0 Å². The Morgan fingerprint density at radius 3 is 2.50 bits per heavy atom. The zero-order valence-electron chi connectivity index (χ0n) is 13.9. The molecule has 1 aromatic rings. The van der Waals surface area contributed by atoms with E-state index in [1.165, 1.54) is 0 Å². The molecule has 0 aliphatic rings. The maximum atomic E-state index is 12.0. The Morgan fingerprint density at radius 1 is 1.32 bits per heavy atom. The van der Waals surface area contributed by atoms with Crippen molar-refractivity contribution in [1.82, 2.24) is 10.6 Å². The van der Waals surface area contributed by atoms with E-state index >= 15 is 0 Å². The topological polar surface area (TPSA) is 84.2 Å². The van der Waals surface area contributed by atoms with Crippen LogP contribution < -0.4 is 16.4 Å². The summed E-state index contributed by atoms with van der Waals surface area (Å²) in [6.07, 6.45) is 0.547. The monoisotopic (exact) mass is 305 g/mol. The van der Waals surface area contributed by atoms with Crippen LogP contribution in [-0.4, -0.2) is 23.9 Å². The number of primary amides is 1. The summed E-state index contributed by atoms with van der Waals surface area (Å²) in [6, 6.07) is 7.97. The molecule has 1 aromatic carbocycles. The zero-order chi connectivity index (χ0) is 16.8. The first-order valence-electron chi connectivity index (χ1n) is 7.69. The molecule has 0 saturated heterocycles. The van der Waals surface area contributed by atoms with Crippen molar-refractivity contribution in [3.8, 4) is 0 Å². The normalized spacial score (nSPS) is 13.7. The third kappa shape index (κ3) is 4.56. The van der Waals surface area contributed by atoms with Crippen molar-refractivity contribution < 1.29 is 9.59 Å². The van der Waals surface area contributed by atoms with Crippen molar-refractivity contribution in [2.24, 2.45) is 11.7 Å². The van der Waals surface area contributed by atoms with Crippen molar-refractivity contribution in [2.45, 2.75) is 46.2 Å². The second-order valence-electron chi connectivity index (χ2n) is 5.96. The van der Waals surface area contributed by atoms with Crippen LogP contribution in [0.4, 0.5) is 0 Å². The van der Waals surface area contributed by atoms with E-state index in [0.717, 1.165) is 11.1 Å². The van der Waals surface area contributed by atoms with Crippen molar-refractivity contribution in [1.29, 1.82) is 0 Å². The highest BCUT2D eigenvalue weighted by molar-refractivity contribution is 5.86. The summed E-state index contributed by atoms with van der Waals surface area (Å²) in [5.74, 6) is -0.558. The van der Waals surface area contributed by atoms with Gasteiger partial charge < -0.3 is 11.1 Å². The quantitative estimate of drug-likeness (QED) is 0.680. The number of benzene rings is 1. The van der Waals surface area contributed by atoms with Gasteiger partial charge in [0.05, 0.1) is 6.54 Å². The van der Waals surface area contributed by atoms with Crippen LogP contribution in [0.25, 0.3) is 0 Å². The lowest BCUT2D eigenvalue weighted by atomic mass is 9.83. The van der Waals surface area contributed by atoms with Crippen LogP contribution in [0.3, 0.4) is 0 Å². The molecule has 0 aromatic heterocycles. The van der Waals surface area contributed by atoms with Crippen LogP contribution in [0.2, 0.25) is 0 Å². The Hall–Kier alpha value is -1.88. The van der Waals surface area contributed by atoms with E-state index in [4.69, 9.17) is 5.73 Å². The van der Waals surface area contributed by atoms with Gasteiger partial charge in [-0.1, -0.05) is 50.6 Å². The van der Waals surface area contributed by atoms with E-state index in [0.29, 0.717) is 13.0 Å². The minimum atomic E-state index is -0.847. The predicted octanol–water partition coefficient (Wildman–Crippen LogP) is 1.49. The smallest absolute Gasteiger partial charge is 0.237 e. The Balaban J connectivity index is 2.56. The molecule has 0 unspecified atom stereocenters. The maximum Gasteiger partial charge on any atom is 0.237 e.